The van der Waals surface area contributed by atoms with Crippen molar-refractivity contribution in [3.05, 3.63) is 29.3 Å². The summed E-state index contributed by atoms with van der Waals surface area (Å²) in [7, 11) is -3.46. The van der Waals surface area contributed by atoms with Gasteiger partial charge in [0, 0.05) is 32.1 Å². The molecule has 148 valence electrons. The van der Waals surface area contributed by atoms with Gasteiger partial charge in [0.2, 0.25) is 15.9 Å². The van der Waals surface area contributed by atoms with Gasteiger partial charge in [0.15, 0.2) is 0 Å². The Labute approximate surface area is 162 Å². The highest BCUT2D eigenvalue weighted by Crippen LogP contribution is 2.29. The first kappa shape index (κ1) is 18.9. The predicted molar refractivity (Wildman–Crippen MR) is 105 cm³/mol. The third-order valence-electron chi connectivity index (χ3n) is 6.48. The highest BCUT2D eigenvalue weighted by molar-refractivity contribution is 7.89. The fraction of sp³-hybridized carbons (Fsp3) is 0.667. The zero-order chi connectivity index (χ0) is 19.0. The summed E-state index contributed by atoms with van der Waals surface area (Å²) in [5, 5.41) is 0. The van der Waals surface area contributed by atoms with Gasteiger partial charge in [0.05, 0.1) is 4.90 Å². The van der Waals surface area contributed by atoms with Crippen LogP contribution in [0.1, 0.15) is 50.2 Å². The van der Waals surface area contributed by atoms with Crippen molar-refractivity contribution < 1.29 is 13.2 Å². The smallest absolute Gasteiger partial charge is 0.243 e. The molecule has 6 heteroatoms. The Kier molecular flexibility index (Phi) is 5.30. The monoisotopic (exact) mass is 390 g/mol. The van der Waals surface area contributed by atoms with Crippen LogP contribution in [0.2, 0.25) is 0 Å². The Balaban J connectivity index is 1.40. The number of rotatable bonds is 3. The molecule has 4 rings (SSSR count). The first-order valence-corrected chi connectivity index (χ1v) is 11.8. The molecule has 2 heterocycles. The zero-order valence-corrected chi connectivity index (χ0v) is 17.0. The van der Waals surface area contributed by atoms with E-state index in [0.717, 1.165) is 38.8 Å². The molecule has 0 bridgehead atoms. The number of amides is 1. The van der Waals surface area contributed by atoms with Gasteiger partial charge >= 0.3 is 0 Å². The van der Waals surface area contributed by atoms with Crippen molar-refractivity contribution >= 4 is 15.9 Å². The molecule has 0 radical (unpaired) electrons. The molecule has 1 aliphatic carbocycles. The van der Waals surface area contributed by atoms with E-state index in [-0.39, 0.29) is 11.8 Å². The highest BCUT2D eigenvalue weighted by Gasteiger charge is 2.35. The van der Waals surface area contributed by atoms with E-state index in [2.05, 4.69) is 6.92 Å². The Morgan fingerprint density at radius 2 is 1.74 bits per heavy atom. The molecule has 2 aliphatic heterocycles. The standard InChI is InChI=1S/C21H30N2O3S/c1-16-4-3-11-22(15-16)21(24)18-9-12-23(13-10-18)27(25,26)20-8-7-17-5-2-6-19(17)14-20/h7-8,14,16,18H,2-6,9-13,15H2,1H3. The minimum absolute atomic E-state index is 0.0261. The second-order valence-corrected chi connectivity index (χ2v) is 10.4. The van der Waals surface area contributed by atoms with Gasteiger partial charge < -0.3 is 4.90 Å². The average molecular weight is 391 g/mol. The van der Waals surface area contributed by atoms with Crippen LogP contribution >= 0.6 is 0 Å². The summed E-state index contributed by atoms with van der Waals surface area (Å²) < 4.78 is 27.7. The zero-order valence-electron chi connectivity index (χ0n) is 16.2. The number of piperidine rings is 2. The lowest BCUT2D eigenvalue weighted by Gasteiger charge is -2.36. The second-order valence-electron chi connectivity index (χ2n) is 8.49. The van der Waals surface area contributed by atoms with Crippen LogP contribution in [0.25, 0.3) is 0 Å². The number of likely N-dealkylation sites (tertiary alicyclic amines) is 1. The largest absolute Gasteiger partial charge is 0.342 e. The van der Waals surface area contributed by atoms with E-state index in [1.54, 1.807) is 10.4 Å². The number of sulfonamides is 1. The van der Waals surface area contributed by atoms with Gasteiger partial charge in [-0.25, -0.2) is 8.42 Å². The fourth-order valence-corrected chi connectivity index (χ4v) is 6.37. The van der Waals surface area contributed by atoms with E-state index in [1.165, 1.54) is 17.5 Å². The summed E-state index contributed by atoms with van der Waals surface area (Å²) in [6.07, 6.45) is 6.69. The van der Waals surface area contributed by atoms with Crippen LogP contribution in [0.15, 0.2) is 23.1 Å². The molecule has 1 amide bonds. The lowest BCUT2D eigenvalue weighted by atomic mass is 9.93. The maximum atomic E-state index is 13.0. The van der Waals surface area contributed by atoms with Gasteiger partial charge in [-0.05, 0) is 74.1 Å². The second kappa shape index (κ2) is 7.55. The molecule has 1 atom stereocenters. The number of carbonyl (C=O) groups excluding carboxylic acids is 1. The van der Waals surface area contributed by atoms with Crippen molar-refractivity contribution in [2.45, 2.75) is 56.8 Å². The molecule has 0 saturated carbocycles. The van der Waals surface area contributed by atoms with Gasteiger partial charge in [-0.2, -0.15) is 4.31 Å². The minimum atomic E-state index is -3.46. The summed E-state index contributed by atoms with van der Waals surface area (Å²) in [5.74, 6) is 0.779. The molecule has 2 fully saturated rings. The first-order chi connectivity index (χ1) is 12.9. The SMILES string of the molecule is CC1CCCN(C(=O)C2CCN(S(=O)(=O)c3ccc4c(c3)CCC4)CC2)C1. The Morgan fingerprint density at radius 3 is 2.48 bits per heavy atom. The van der Waals surface area contributed by atoms with E-state index >= 15 is 0 Å². The molecule has 0 N–H and O–H groups in total. The van der Waals surface area contributed by atoms with Gasteiger partial charge in [-0.1, -0.05) is 13.0 Å². The third-order valence-corrected chi connectivity index (χ3v) is 8.37. The number of hydrogen-bond acceptors (Lipinski definition) is 3. The molecule has 1 aromatic carbocycles. The molecule has 3 aliphatic rings. The number of nitrogens with zero attached hydrogens (tertiary/aromatic N) is 2. The summed E-state index contributed by atoms with van der Waals surface area (Å²) in [6, 6.07) is 5.60. The van der Waals surface area contributed by atoms with E-state index < -0.39 is 10.0 Å². The van der Waals surface area contributed by atoms with Gasteiger partial charge in [0.25, 0.3) is 0 Å². The molecule has 0 aromatic heterocycles. The molecule has 27 heavy (non-hydrogen) atoms. The summed E-state index contributed by atoms with van der Waals surface area (Å²) in [6.45, 7) is 4.80. The van der Waals surface area contributed by atoms with Crippen molar-refractivity contribution in [3.63, 3.8) is 0 Å². The summed E-state index contributed by atoms with van der Waals surface area (Å²) >= 11 is 0. The number of carbonyl (C=O) groups is 1. The van der Waals surface area contributed by atoms with Gasteiger partial charge in [-0.3, -0.25) is 4.79 Å². The fourth-order valence-electron chi connectivity index (χ4n) is 4.85. The van der Waals surface area contributed by atoms with E-state index in [4.69, 9.17) is 0 Å². The van der Waals surface area contributed by atoms with Crippen LogP contribution in [0, 0.1) is 11.8 Å². The van der Waals surface area contributed by atoms with Crippen LogP contribution in [0.5, 0.6) is 0 Å². The van der Waals surface area contributed by atoms with Crippen molar-refractivity contribution in [2.24, 2.45) is 11.8 Å². The maximum Gasteiger partial charge on any atom is 0.243 e. The molecule has 1 unspecified atom stereocenters. The van der Waals surface area contributed by atoms with Crippen molar-refractivity contribution in [1.29, 1.82) is 0 Å². The number of aryl methyl sites for hydroxylation is 2. The van der Waals surface area contributed by atoms with Crippen LogP contribution < -0.4 is 0 Å². The topological polar surface area (TPSA) is 57.7 Å². The normalized spacial score (nSPS) is 24.8. The quantitative estimate of drug-likeness (QED) is 0.797. The first-order valence-electron chi connectivity index (χ1n) is 10.4. The molecular formula is C21H30N2O3S. The number of hydrogen-bond donors (Lipinski definition) is 0. The van der Waals surface area contributed by atoms with Crippen LogP contribution in [-0.2, 0) is 27.7 Å². The Morgan fingerprint density at radius 1 is 1.00 bits per heavy atom. The minimum Gasteiger partial charge on any atom is -0.342 e. The molecule has 0 spiro atoms. The van der Waals surface area contributed by atoms with Crippen LogP contribution in [0.4, 0.5) is 0 Å². The third kappa shape index (κ3) is 3.79. The average Bonchev–Trinajstić information content (AvgIpc) is 3.15. The lowest BCUT2D eigenvalue weighted by Crippen LogP contribution is -2.46. The Bertz CT molecular complexity index is 813. The van der Waals surface area contributed by atoms with Gasteiger partial charge in [-0.15, -0.1) is 0 Å². The molecule has 1 aromatic rings. The molecular weight excluding hydrogens is 360 g/mol. The van der Waals surface area contributed by atoms with Gasteiger partial charge in [0.1, 0.15) is 0 Å². The maximum absolute atomic E-state index is 13.0. The Hall–Kier alpha value is -1.40. The summed E-state index contributed by atoms with van der Waals surface area (Å²) in [5.41, 5.74) is 2.47. The molecule has 5 nitrogen and oxygen atoms in total. The molecule has 2 saturated heterocycles. The van der Waals surface area contributed by atoms with Crippen molar-refractivity contribution in [3.8, 4) is 0 Å². The summed E-state index contributed by atoms with van der Waals surface area (Å²) in [4.78, 5) is 15.2. The predicted octanol–water partition coefficient (Wildman–Crippen LogP) is 2.83. The van der Waals surface area contributed by atoms with Crippen LogP contribution in [0.3, 0.4) is 0 Å². The van der Waals surface area contributed by atoms with E-state index in [1.807, 2.05) is 17.0 Å². The van der Waals surface area contributed by atoms with Crippen LogP contribution in [-0.4, -0.2) is 49.7 Å². The lowest BCUT2D eigenvalue weighted by molar-refractivity contribution is -0.138. The van der Waals surface area contributed by atoms with Crippen molar-refractivity contribution in [1.82, 2.24) is 9.21 Å². The van der Waals surface area contributed by atoms with E-state index in [0.29, 0.717) is 36.7 Å². The highest BCUT2D eigenvalue weighted by atomic mass is 32.2. The van der Waals surface area contributed by atoms with E-state index in [9.17, 15) is 13.2 Å². The number of fused-ring (bicyclic) bond motifs is 1. The number of benzene rings is 1. The van der Waals surface area contributed by atoms with Crippen molar-refractivity contribution in [2.75, 3.05) is 26.2 Å².